The highest BCUT2D eigenvalue weighted by Gasteiger charge is 2.58. The van der Waals surface area contributed by atoms with Crippen LogP contribution in [-0.2, 0) is 16.1 Å². The van der Waals surface area contributed by atoms with Crippen molar-refractivity contribution in [1.29, 1.82) is 0 Å². The van der Waals surface area contributed by atoms with Gasteiger partial charge in [-0.15, -0.1) is 0 Å². The number of fused-ring (bicyclic) bond motifs is 1. The molecule has 0 saturated carbocycles. The molecule has 3 aromatic carbocycles. The molecular formula is C25H23N3O2. The van der Waals surface area contributed by atoms with Crippen molar-refractivity contribution in [2.24, 2.45) is 5.92 Å². The van der Waals surface area contributed by atoms with E-state index in [0.717, 1.165) is 16.7 Å². The standard InChI is InChI=1S/C25H23N3O2/c1-17-12-14-20(15-13-17)28-24(29)21-22(19-10-6-3-7-11-19)26-27(23(21)25(28)30)16-18-8-4-2-5-9-18/h2-15,21-23,26H,16H2,1H3/t21-,22-,23-/m0/s1. The molecule has 0 bridgehead atoms. The Hall–Kier alpha value is -3.28. The van der Waals surface area contributed by atoms with Gasteiger partial charge in [-0.3, -0.25) is 9.59 Å². The fourth-order valence-corrected chi connectivity index (χ4v) is 4.48. The SMILES string of the molecule is Cc1ccc(N2C(=O)[C@@H]3[C@@H](C2=O)N(Cc2ccccc2)N[C@H]3c2ccccc2)cc1. The number of nitrogens with one attached hydrogen (secondary N) is 1. The third kappa shape index (κ3) is 3.12. The Bertz CT molecular complexity index is 1070. The van der Waals surface area contributed by atoms with Crippen LogP contribution in [0.4, 0.5) is 5.69 Å². The Morgan fingerprint density at radius 3 is 2.10 bits per heavy atom. The number of imide groups is 1. The van der Waals surface area contributed by atoms with Gasteiger partial charge < -0.3 is 0 Å². The van der Waals surface area contributed by atoms with E-state index < -0.39 is 12.0 Å². The molecule has 0 spiro atoms. The number of rotatable bonds is 4. The molecule has 3 atom stereocenters. The van der Waals surface area contributed by atoms with Gasteiger partial charge in [0, 0.05) is 6.54 Å². The van der Waals surface area contributed by atoms with E-state index in [2.05, 4.69) is 5.43 Å². The monoisotopic (exact) mass is 397 g/mol. The van der Waals surface area contributed by atoms with Crippen LogP contribution >= 0.6 is 0 Å². The highest BCUT2D eigenvalue weighted by atomic mass is 16.2. The van der Waals surface area contributed by atoms with Crippen molar-refractivity contribution in [3.8, 4) is 0 Å². The van der Waals surface area contributed by atoms with Crippen molar-refractivity contribution in [2.45, 2.75) is 25.6 Å². The summed E-state index contributed by atoms with van der Waals surface area (Å²) in [4.78, 5) is 28.4. The lowest BCUT2D eigenvalue weighted by molar-refractivity contribution is -0.124. The summed E-state index contributed by atoms with van der Waals surface area (Å²) in [6, 6.07) is 26.7. The topological polar surface area (TPSA) is 52.7 Å². The van der Waals surface area contributed by atoms with Crippen LogP contribution < -0.4 is 10.3 Å². The van der Waals surface area contributed by atoms with Crippen molar-refractivity contribution in [2.75, 3.05) is 4.90 Å². The molecule has 0 aliphatic carbocycles. The number of anilines is 1. The lowest BCUT2D eigenvalue weighted by Crippen LogP contribution is -2.45. The summed E-state index contributed by atoms with van der Waals surface area (Å²) in [5.74, 6) is -0.786. The summed E-state index contributed by atoms with van der Waals surface area (Å²) in [5.41, 5.74) is 7.29. The number of carbonyl (C=O) groups is 2. The van der Waals surface area contributed by atoms with Crippen LogP contribution in [0, 0.1) is 12.8 Å². The van der Waals surface area contributed by atoms with Crippen LogP contribution in [0.15, 0.2) is 84.9 Å². The zero-order valence-electron chi connectivity index (χ0n) is 16.7. The Morgan fingerprint density at radius 2 is 1.43 bits per heavy atom. The Morgan fingerprint density at radius 1 is 0.800 bits per heavy atom. The molecule has 2 amide bonds. The summed E-state index contributed by atoms with van der Waals surface area (Å²) >= 11 is 0. The second-order valence-electron chi connectivity index (χ2n) is 7.95. The molecule has 1 N–H and O–H groups in total. The van der Waals surface area contributed by atoms with Gasteiger partial charge >= 0.3 is 0 Å². The van der Waals surface area contributed by atoms with Crippen LogP contribution in [-0.4, -0.2) is 22.9 Å². The fraction of sp³-hybridized carbons (Fsp3) is 0.200. The third-order valence-corrected chi connectivity index (χ3v) is 5.97. The van der Waals surface area contributed by atoms with E-state index in [4.69, 9.17) is 0 Å². The smallest absolute Gasteiger partial charge is 0.253 e. The number of hydrazine groups is 1. The summed E-state index contributed by atoms with van der Waals surface area (Å²) in [6.45, 7) is 2.54. The zero-order chi connectivity index (χ0) is 20.7. The molecule has 150 valence electrons. The molecular weight excluding hydrogens is 374 g/mol. The first-order valence-corrected chi connectivity index (χ1v) is 10.2. The molecule has 0 aromatic heterocycles. The van der Waals surface area contributed by atoms with E-state index in [1.54, 1.807) is 0 Å². The van der Waals surface area contributed by atoms with Crippen LogP contribution in [0.2, 0.25) is 0 Å². The second-order valence-corrected chi connectivity index (χ2v) is 7.95. The molecule has 2 aliphatic rings. The average Bonchev–Trinajstić information content (AvgIpc) is 3.27. The largest absolute Gasteiger partial charge is 0.274 e. The van der Waals surface area contributed by atoms with Gasteiger partial charge in [0.2, 0.25) is 5.91 Å². The molecule has 2 heterocycles. The molecule has 5 rings (SSSR count). The van der Waals surface area contributed by atoms with Gasteiger partial charge in [0.15, 0.2) is 0 Å². The molecule has 3 aromatic rings. The minimum absolute atomic E-state index is 0.147. The molecule has 2 fully saturated rings. The predicted octanol–water partition coefficient (Wildman–Crippen LogP) is 3.61. The third-order valence-electron chi connectivity index (χ3n) is 5.97. The summed E-state index contributed by atoms with van der Waals surface area (Å²) in [6.07, 6.45) is 0. The van der Waals surface area contributed by atoms with Crippen molar-refractivity contribution in [3.63, 3.8) is 0 Å². The number of carbonyl (C=O) groups excluding carboxylic acids is 2. The Labute approximate surface area is 175 Å². The number of amides is 2. The van der Waals surface area contributed by atoms with Crippen molar-refractivity contribution in [1.82, 2.24) is 10.4 Å². The van der Waals surface area contributed by atoms with E-state index in [-0.39, 0.29) is 17.9 Å². The first-order valence-electron chi connectivity index (χ1n) is 10.2. The highest BCUT2D eigenvalue weighted by molar-refractivity contribution is 6.24. The average molecular weight is 397 g/mol. The fourth-order valence-electron chi connectivity index (χ4n) is 4.48. The van der Waals surface area contributed by atoms with Crippen molar-refractivity contribution < 1.29 is 9.59 Å². The maximum atomic E-state index is 13.5. The number of hydrogen-bond donors (Lipinski definition) is 1. The predicted molar refractivity (Wildman–Crippen MR) is 115 cm³/mol. The van der Waals surface area contributed by atoms with E-state index in [1.807, 2.05) is 96.9 Å². The van der Waals surface area contributed by atoms with E-state index in [9.17, 15) is 9.59 Å². The van der Waals surface area contributed by atoms with Crippen molar-refractivity contribution in [3.05, 3.63) is 102 Å². The van der Waals surface area contributed by atoms with Crippen LogP contribution in [0.25, 0.3) is 0 Å². The minimum atomic E-state index is -0.538. The summed E-state index contributed by atoms with van der Waals surface area (Å²) in [5, 5.41) is 1.94. The number of nitrogens with zero attached hydrogens (tertiary/aromatic N) is 2. The molecule has 5 nitrogen and oxygen atoms in total. The highest BCUT2D eigenvalue weighted by Crippen LogP contribution is 2.42. The number of benzene rings is 3. The van der Waals surface area contributed by atoms with E-state index >= 15 is 0 Å². The molecule has 0 radical (unpaired) electrons. The first kappa shape index (κ1) is 18.7. The molecule has 30 heavy (non-hydrogen) atoms. The van der Waals surface area contributed by atoms with Gasteiger partial charge in [-0.1, -0.05) is 78.4 Å². The van der Waals surface area contributed by atoms with Crippen molar-refractivity contribution >= 4 is 17.5 Å². The summed E-state index contributed by atoms with van der Waals surface area (Å²) < 4.78 is 0. The van der Waals surface area contributed by atoms with Gasteiger partial charge in [-0.25, -0.2) is 15.3 Å². The van der Waals surface area contributed by atoms with Crippen LogP contribution in [0.1, 0.15) is 22.7 Å². The second kappa shape index (κ2) is 7.52. The Kier molecular flexibility index (Phi) is 4.69. The molecule has 2 aliphatic heterocycles. The minimum Gasteiger partial charge on any atom is -0.274 e. The molecule has 2 saturated heterocycles. The van der Waals surface area contributed by atoms with Crippen LogP contribution in [0.3, 0.4) is 0 Å². The summed E-state index contributed by atoms with van der Waals surface area (Å²) in [7, 11) is 0. The van der Waals surface area contributed by atoms with E-state index in [0.29, 0.717) is 12.2 Å². The first-order chi connectivity index (χ1) is 14.6. The Balaban J connectivity index is 1.53. The molecule has 0 unspecified atom stereocenters. The van der Waals surface area contributed by atoms with Crippen LogP contribution in [0.5, 0.6) is 0 Å². The van der Waals surface area contributed by atoms with Gasteiger partial charge in [0.25, 0.3) is 5.91 Å². The maximum absolute atomic E-state index is 13.5. The zero-order valence-corrected chi connectivity index (χ0v) is 16.7. The molecule has 5 heteroatoms. The maximum Gasteiger partial charge on any atom is 0.253 e. The normalized spacial score (nSPS) is 23.8. The van der Waals surface area contributed by atoms with Gasteiger partial charge in [0.1, 0.15) is 6.04 Å². The van der Waals surface area contributed by atoms with Gasteiger partial charge in [-0.2, -0.15) is 0 Å². The lowest BCUT2D eigenvalue weighted by atomic mass is 9.91. The van der Waals surface area contributed by atoms with Gasteiger partial charge in [0.05, 0.1) is 17.6 Å². The number of aryl methyl sites for hydroxylation is 1. The quantitative estimate of drug-likeness (QED) is 0.684. The number of hydrogen-bond acceptors (Lipinski definition) is 4. The van der Waals surface area contributed by atoms with E-state index in [1.165, 1.54) is 4.90 Å². The van der Waals surface area contributed by atoms with Gasteiger partial charge in [-0.05, 0) is 30.2 Å². The lowest BCUT2D eigenvalue weighted by Gasteiger charge is -2.25.